The number of hydrogen-bond donors (Lipinski definition) is 1. The van der Waals surface area contributed by atoms with Gasteiger partial charge in [0, 0.05) is 5.02 Å². The summed E-state index contributed by atoms with van der Waals surface area (Å²) < 4.78 is 0. The second-order valence-electron chi connectivity index (χ2n) is 3.77. The average Bonchev–Trinajstić information content (AvgIpc) is 2.43. The van der Waals surface area contributed by atoms with Crippen LogP contribution in [0.5, 0.6) is 0 Å². The molecule has 0 aliphatic carbocycles. The Kier molecular flexibility index (Phi) is 4.98. The predicted molar refractivity (Wildman–Crippen MR) is 80.6 cm³/mol. The maximum Gasteiger partial charge on any atom is 0.437 e. The number of anilines is 1. The highest BCUT2D eigenvalue weighted by Gasteiger charge is 2.06. The molecule has 0 aromatic heterocycles. The Morgan fingerprint density at radius 3 is 2.60 bits per heavy atom. The van der Waals surface area contributed by atoms with Gasteiger partial charge in [-0.25, -0.2) is 4.79 Å². The molecule has 0 radical (unpaired) electrons. The largest absolute Gasteiger partial charge is 0.437 e. The van der Waals surface area contributed by atoms with E-state index in [0.717, 1.165) is 5.56 Å². The highest BCUT2D eigenvalue weighted by Crippen LogP contribution is 2.25. The number of nitrogens with one attached hydrogen (secondary N) is 1. The number of nitrogens with zero attached hydrogens (tertiary/aromatic N) is 1. The quantitative estimate of drug-likeness (QED) is 0.513. The number of amides is 1. The number of carbonyl (C=O) groups is 1. The Morgan fingerprint density at radius 2 is 1.90 bits per heavy atom. The molecule has 0 saturated carbocycles. The van der Waals surface area contributed by atoms with E-state index < -0.39 is 6.09 Å². The van der Waals surface area contributed by atoms with Gasteiger partial charge in [0.15, 0.2) is 0 Å². The second-order valence-corrected chi connectivity index (χ2v) is 4.62. The maximum absolute atomic E-state index is 11.5. The Balaban J connectivity index is 1.91. The van der Waals surface area contributed by atoms with Gasteiger partial charge in [-0.05, 0) is 23.8 Å². The van der Waals surface area contributed by atoms with E-state index in [-0.39, 0.29) is 0 Å². The van der Waals surface area contributed by atoms with Gasteiger partial charge < -0.3 is 0 Å². The Labute approximate surface area is 125 Å². The van der Waals surface area contributed by atoms with Crippen molar-refractivity contribution in [2.45, 2.75) is 0 Å². The smallest absolute Gasteiger partial charge is 0.298 e. The van der Waals surface area contributed by atoms with E-state index in [1.807, 2.05) is 30.3 Å². The van der Waals surface area contributed by atoms with E-state index in [9.17, 15) is 4.79 Å². The molecule has 4 nitrogen and oxygen atoms in total. The third-order valence-electron chi connectivity index (χ3n) is 2.30. The SMILES string of the molecule is O=C(Nc1ccc(Cl)cc1Cl)ON=Cc1ccccc1. The number of carbonyl (C=O) groups excluding carboxylic acids is 1. The van der Waals surface area contributed by atoms with Crippen molar-refractivity contribution in [1.82, 2.24) is 0 Å². The first-order chi connectivity index (χ1) is 9.65. The van der Waals surface area contributed by atoms with Gasteiger partial charge in [0.05, 0.1) is 16.9 Å². The molecule has 0 spiro atoms. The zero-order valence-electron chi connectivity index (χ0n) is 10.2. The van der Waals surface area contributed by atoms with Gasteiger partial charge in [-0.15, -0.1) is 0 Å². The van der Waals surface area contributed by atoms with Crippen LogP contribution < -0.4 is 5.32 Å². The van der Waals surface area contributed by atoms with Crippen LogP contribution >= 0.6 is 23.2 Å². The van der Waals surface area contributed by atoms with Gasteiger partial charge in [0.2, 0.25) is 0 Å². The lowest BCUT2D eigenvalue weighted by Crippen LogP contribution is -2.11. The first kappa shape index (κ1) is 14.4. The fourth-order valence-electron chi connectivity index (χ4n) is 1.40. The number of rotatable bonds is 3. The van der Waals surface area contributed by atoms with E-state index in [4.69, 9.17) is 23.2 Å². The molecular weight excluding hydrogens is 299 g/mol. The van der Waals surface area contributed by atoms with Crippen molar-refractivity contribution in [1.29, 1.82) is 0 Å². The van der Waals surface area contributed by atoms with Crippen molar-refractivity contribution in [2.75, 3.05) is 5.32 Å². The van der Waals surface area contributed by atoms with Crippen LogP contribution in [0.25, 0.3) is 0 Å². The Bertz CT molecular complexity index is 630. The van der Waals surface area contributed by atoms with Gasteiger partial charge >= 0.3 is 6.09 Å². The van der Waals surface area contributed by atoms with Crippen LogP contribution in [0.2, 0.25) is 10.0 Å². The lowest BCUT2D eigenvalue weighted by atomic mass is 10.2. The molecular formula is C14H10Cl2N2O2. The molecule has 0 heterocycles. The summed E-state index contributed by atoms with van der Waals surface area (Å²) in [7, 11) is 0. The molecule has 2 aromatic carbocycles. The second kappa shape index (κ2) is 6.93. The first-order valence-corrected chi connectivity index (χ1v) is 6.42. The fourth-order valence-corrected chi connectivity index (χ4v) is 1.85. The van der Waals surface area contributed by atoms with Crippen molar-refractivity contribution >= 4 is 41.2 Å². The molecule has 0 unspecified atom stereocenters. The summed E-state index contributed by atoms with van der Waals surface area (Å²) in [6, 6.07) is 14.0. The van der Waals surface area contributed by atoms with Crippen molar-refractivity contribution in [3.05, 3.63) is 64.1 Å². The molecule has 6 heteroatoms. The lowest BCUT2D eigenvalue weighted by molar-refractivity contribution is 0.167. The van der Waals surface area contributed by atoms with Crippen molar-refractivity contribution in [3.8, 4) is 0 Å². The van der Waals surface area contributed by atoms with Gasteiger partial charge in [-0.1, -0.05) is 58.7 Å². The van der Waals surface area contributed by atoms with Crippen molar-refractivity contribution in [3.63, 3.8) is 0 Å². The summed E-state index contributed by atoms with van der Waals surface area (Å²) in [5, 5.41) is 6.84. The van der Waals surface area contributed by atoms with Crippen LogP contribution in [0.4, 0.5) is 10.5 Å². The standard InChI is InChI=1S/C14H10Cl2N2O2/c15-11-6-7-13(12(16)8-11)18-14(19)20-17-9-10-4-2-1-3-5-10/h1-9H,(H,18,19). The molecule has 0 saturated heterocycles. The van der Waals surface area contributed by atoms with Crippen LogP contribution in [0, 0.1) is 0 Å². The molecule has 102 valence electrons. The Hall–Kier alpha value is -2.04. The molecule has 20 heavy (non-hydrogen) atoms. The molecule has 0 atom stereocenters. The summed E-state index contributed by atoms with van der Waals surface area (Å²) in [5.41, 5.74) is 1.22. The molecule has 1 N–H and O–H groups in total. The summed E-state index contributed by atoms with van der Waals surface area (Å²) >= 11 is 11.7. The molecule has 1 amide bonds. The fraction of sp³-hybridized carbons (Fsp3) is 0. The minimum atomic E-state index is -0.735. The minimum absolute atomic E-state index is 0.321. The molecule has 2 aromatic rings. The highest BCUT2D eigenvalue weighted by molar-refractivity contribution is 6.36. The topological polar surface area (TPSA) is 50.7 Å². The number of benzene rings is 2. The third kappa shape index (κ3) is 4.26. The minimum Gasteiger partial charge on any atom is -0.298 e. The van der Waals surface area contributed by atoms with Crippen molar-refractivity contribution < 1.29 is 9.63 Å². The maximum atomic E-state index is 11.5. The van der Waals surface area contributed by atoms with Crippen LogP contribution in [0.1, 0.15) is 5.56 Å². The highest BCUT2D eigenvalue weighted by atomic mass is 35.5. The summed E-state index contributed by atoms with van der Waals surface area (Å²) in [6.07, 6.45) is 0.699. The first-order valence-electron chi connectivity index (χ1n) is 5.66. The molecule has 0 fully saturated rings. The van der Waals surface area contributed by atoms with E-state index in [0.29, 0.717) is 15.7 Å². The third-order valence-corrected chi connectivity index (χ3v) is 2.85. The normalized spacial score (nSPS) is 10.5. The molecule has 2 rings (SSSR count). The van der Waals surface area contributed by atoms with Gasteiger partial charge in [0.1, 0.15) is 0 Å². The summed E-state index contributed by atoms with van der Waals surface area (Å²) in [6.45, 7) is 0. The molecule has 0 bridgehead atoms. The van der Waals surface area contributed by atoms with Crippen molar-refractivity contribution in [2.24, 2.45) is 5.16 Å². The molecule has 0 aliphatic heterocycles. The number of hydrogen-bond acceptors (Lipinski definition) is 3. The van der Waals surface area contributed by atoms with E-state index >= 15 is 0 Å². The monoisotopic (exact) mass is 308 g/mol. The lowest BCUT2D eigenvalue weighted by Gasteiger charge is -2.04. The van der Waals surface area contributed by atoms with E-state index in [1.165, 1.54) is 12.3 Å². The van der Waals surface area contributed by atoms with Crippen LogP contribution in [0.3, 0.4) is 0 Å². The van der Waals surface area contributed by atoms with Crippen LogP contribution in [0.15, 0.2) is 53.7 Å². The zero-order valence-corrected chi connectivity index (χ0v) is 11.7. The van der Waals surface area contributed by atoms with Crippen LogP contribution in [-0.4, -0.2) is 12.3 Å². The number of halogens is 2. The van der Waals surface area contributed by atoms with E-state index in [1.54, 1.807) is 12.1 Å². The summed E-state index contributed by atoms with van der Waals surface area (Å²) in [5.74, 6) is 0. The van der Waals surface area contributed by atoms with E-state index in [2.05, 4.69) is 15.3 Å². The van der Waals surface area contributed by atoms with Gasteiger partial charge in [0.25, 0.3) is 0 Å². The zero-order chi connectivity index (χ0) is 14.4. The number of oxime groups is 1. The molecule has 0 aliphatic rings. The average molecular weight is 309 g/mol. The Morgan fingerprint density at radius 1 is 1.15 bits per heavy atom. The van der Waals surface area contributed by atoms with Crippen LogP contribution in [-0.2, 0) is 4.84 Å². The van der Waals surface area contributed by atoms with Gasteiger partial charge in [-0.2, -0.15) is 0 Å². The van der Waals surface area contributed by atoms with Gasteiger partial charge in [-0.3, -0.25) is 10.2 Å². The summed E-state index contributed by atoms with van der Waals surface area (Å²) in [4.78, 5) is 16.2. The predicted octanol–water partition coefficient (Wildman–Crippen LogP) is 4.58.